The van der Waals surface area contributed by atoms with E-state index in [-0.39, 0.29) is 18.1 Å². The van der Waals surface area contributed by atoms with Gasteiger partial charge in [-0.25, -0.2) is 9.59 Å². The van der Waals surface area contributed by atoms with Crippen molar-refractivity contribution in [2.75, 3.05) is 12.4 Å². The summed E-state index contributed by atoms with van der Waals surface area (Å²) in [4.78, 5) is 24.5. The second-order valence-electron chi connectivity index (χ2n) is 8.75. The van der Waals surface area contributed by atoms with Gasteiger partial charge in [0.2, 0.25) is 0 Å². The molecular formula is C24H31N5O3S. The zero-order valence-corrected chi connectivity index (χ0v) is 20.6. The monoisotopic (exact) mass is 469 g/mol. The van der Waals surface area contributed by atoms with Crippen molar-refractivity contribution in [1.29, 1.82) is 0 Å². The molecular weight excluding hydrogens is 438 g/mol. The number of nitrogens with zero attached hydrogens (tertiary/aromatic N) is 3. The second kappa shape index (κ2) is 10.2. The lowest BCUT2D eigenvalue weighted by atomic mass is 9.87. The van der Waals surface area contributed by atoms with Crippen molar-refractivity contribution in [3.63, 3.8) is 0 Å². The van der Waals surface area contributed by atoms with Gasteiger partial charge in [0.05, 0.1) is 18.2 Å². The molecule has 2 N–H and O–H groups in total. The van der Waals surface area contributed by atoms with Crippen LogP contribution in [0.2, 0.25) is 0 Å². The summed E-state index contributed by atoms with van der Waals surface area (Å²) in [5.74, 6) is 0.630. The minimum Gasteiger partial charge on any atom is -0.463 e. The first kappa shape index (κ1) is 24.6. The summed E-state index contributed by atoms with van der Waals surface area (Å²) < 4.78 is 7.16. The fourth-order valence-electron chi connectivity index (χ4n) is 3.55. The number of amides is 2. The molecule has 1 aliphatic heterocycles. The zero-order chi connectivity index (χ0) is 24.2. The lowest BCUT2D eigenvalue weighted by molar-refractivity contribution is -0.138. The molecule has 1 aromatic carbocycles. The molecule has 1 aromatic heterocycles. The lowest BCUT2D eigenvalue weighted by Gasteiger charge is -2.26. The van der Waals surface area contributed by atoms with E-state index < -0.39 is 12.0 Å². The fourth-order valence-corrected chi connectivity index (χ4v) is 4.47. The minimum absolute atomic E-state index is 0.0646. The number of aromatic nitrogens is 3. The van der Waals surface area contributed by atoms with Crippen molar-refractivity contribution in [2.24, 2.45) is 0 Å². The molecule has 3 rings (SSSR count). The number of nitrogens with one attached hydrogen (secondary N) is 2. The Balaban J connectivity index is 1.89. The molecule has 0 saturated heterocycles. The van der Waals surface area contributed by atoms with Crippen LogP contribution in [0.4, 0.5) is 4.79 Å². The number of carbonyl (C=O) groups excluding carboxylic acids is 2. The maximum Gasteiger partial charge on any atom is 0.337 e. The average molecular weight is 470 g/mol. The van der Waals surface area contributed by atoms with Crippen LogP contribution >= 0.6 is 11.8 Å². The number of ether oxygens (including phenoxy) is 1. The Kier molecular flexibility index (Phi) is 7.63. The van der Waals surface area contributed by atoms with E-state index in [0.717, 1.165) is 11.4 Å². The van der Waals surface area contributed by atoms with Gasteiger partial charge < -0.3 is 15.4 Å². The number of urea groups is 1. The first-order valence-corrected chi connectivity index (χ1v) is 11.9. The molecule has 1 unspecified atom stereocenters. The number of hydrogen-bond donors (Lipinski definition) is 2. The third-order valence-electron chi connectivity index (χ3n) is 5.25. The Labute approximate surface area is 198 Å². The third kappa shape index (κ3) is 5.65. The molecule has 1 aliphatic rings. The van der Waals surface area contributed by atoms with Crippen LogP contribution in [-0.2, 0) is 21.5 Å². The van der Waals surface area contributed by atoms with E-state index >= 15 is 0 Å². The van der Waals surface area contributed by atoms with Crippen LogP contribution in [0.25, 0.3) is 11.4 Å². The van der Waals surface area contributed by atoms with Crippen LogP contribution in [0.15, 0.2) is 53.3 Å². The van der Waals surface area contributed by atoms with Gasteiger partial charge in [-0.1, -0.05) is 62.9 Å². The normalized spacial score (nSPS) is 16.3. The van der Waals surface area contributed by atoms with Crippen molar-refractivity contribution in [2.45, 2.75) is 57.8 Å². The Hall–Kier alpha value is -3.07. The summed E-state index contributed by atoms with van der Waals surface area (Å²) >= 11 is 1.39. The smallest absolute Gasteiger partial charge is 0.337 e. The van der Waals surface area contributed by atoms with Crippen LogP contribution < -0.4 is 10.6 Å². The maximum absolute atomic E-state index is 12.5. The van der Waals surface area contributed by atoms with Crippen LogP contribution in [-0.4, -0.2) is 45.2 Å². The molecule has 0 radical (unpaired) electrons. The van der Waals surface area contributed by atoms with Gasteiger partial charge in [-0.2, -0.15) is 0 Å². The average Bonchev–Trinajstić information content (AvgIpc) is 3.14. The number of allylic oxidation sites excluding steroid dienone is 1. The fraction of sp³-hybridized carbons (Fsp3) is 0.417. The largest absolute Gasteiger partial charge is 0.463 e. The predicted octanol–water partition coefficient (Wildman–Crippen LogP) is 4.04. The quantitative estimate of drug-likeness (QED) is 0.344. The summed E-state index contributed by atoms with van der Waals surface area (Å²) in [6.45, 7) is 14.7. The summed E-state index contributed by atoms with van der Waals surface area (Å²) in [6.07, 6.45) is 1.79. The zero-order valence-electron chi connectivity index (χ0n) is 19.8. The lowest BCUT2D eigenvalue weighted by Crippen LogP contribution is -2.49. The maximum atomic E-state index is 12.5. The molecule has 9 heteroatoms. The molecule has 2 aromatic rings. The number of rotatable bonds is 8. The Morgan fingerprint density at radius 3 is 2.58 bits per heavy atom. The van der Waals surface area contributed by atoms with Gasteiger partial charge in [-0.3, -0.25) is 4.57 Å². The summed E-state index contributed by atoms with van der Waals surface area (Å²) in [5.41, 5.74) is 3.19. The van der Waals surface area contributed by atoms with E-state index in [1.807, 2.05) is 4.57 Å². The molecule has 2 amide bonds. The van der Waals surface area contributed by atoms with Gasteiger partial charge in [0.1, 0.15) is 0 Å². The van der Waals surface area contributed by atoms with Crippen LogP contribution in [0.1, 0.15) is 40.2 Å². The summed E-state index contributed by atoms with van der Waals surface area (Å²) in [7, 11) is 0. The van der Waals surface area contributed by atoms with Crippen molar-refractivity contribution in [3.8, 4) is 11.4 Å². The highest BCUT2D eigenvalue weighted by Gasteiger charge is 2.30. The molecule has 1 atom stereocenters. The number of esters is 1. The third-order valence-corrected chi connectivity index (χ3v) is 6.24. The van der Waals surface area contributed by atoms with E-state index in [0.29, 0.717) is 28.7 Å². The molecule has 0 fully saturated rings. The van der Waals surface area contributed by atoms with Gasteiger partial charge in [0, 0.05) is 23.6 Å². The molecule has 33 heavy (non-hydrogen) atoms. The topological polar surface area (TPSA) is 98.1 Å². The number of benzene rings is 1. The Bertz CT molecular complexity index is 1070. The SMILES string of the molecule is C=CCn1c(SCC2=C(C(=O)OCC)C(C)NC(=O)N2)nnc1-c1ccc(C(C)(C)C)cc1. The summed E-state index contributed by atoms with van der Waals surface area (Å²) in [6, 6.07) is 7.52. The second-order valence-corrected chi connectivity index (χ2v) is 9.70. The number of hydrogen-bond acceptors (Lipinski definition) is 6. The van der Waals surface area contributed by atoms with Crippen LogP contribution in [0, 0.1) is 0 Å². The molecule has 0 saturated carbocycles. The first-order chi connectivity index (χ1) is 15.7. The van der Waals surface area contributed by atoms with E-state index in [4.69, 9.17) is 4.74 Å². The van der Waals surface area contributed by atoms with E-state index in [2.05, 4.69) is 72.4 Å². The molecule has 0 bridgehead atoms. The predicted molar refractivity (Wildman–Crippen MR) is 130 cm³/mol. The van der Waals surface area contributed by atoms with Crippen molar-refractivity contribution in [1.82, 2.24) is 25.4 Å². The Morgan fingerprint density at radius 2 is 1.97 bits per heavy atom. The van der Waals surface area contributed by atoms with Gasteiger partial charge in [-0.05, 0) is 24.8 Å². The molecule has 2 heterocycles. The van der Waals surface area contributed by atoms with Gasteiger partial charge >= 0.3 is 12.0 Å². The Morgan fingerprint density at radius 1 is 1.27 bits per heavy atom. The van der Waals surface area contributed by atoms with Crippen molar-refractivity contribution >= 4 is 23.8 Å². The van der Waals surface area contributed by atoms with Crippen molar-refractivity contribution < 1.29 is 14.3 Å². The molecule has 176 valence electrons. The highest BCUT2D eigenvalue weighted by molar-refractivity contribution is 7.99. The first-order valence-electron chi connectivity index (χ1n) is 10.9. The molecule has 0 spiro atoms. The summed E-state index contributed by atoms with van der Waals surface area (Å²) in [5, 5.41) is 14.9. The van der Waals surface area contributed by atoms with Crippen LogP contribution in [0.5, 0.6) is 0 Å². The van der Waals surface area contributed by atoms with E-state index in [9.17, 15) is 9.59 Å². The van der Waals surface area contributed by atoms with Gasteiger partial charge in [0.15, 0.2) is 11.0 Å². The number of carbonyl (C=O) groups is 2. The van der Waals surface area contributed by atoms with E-state index in [1.54, 1.807) is 19.9 Å². The van der Waals surface area contributed by atoms with Crippen molar-refractivity contribution in [3.05, 3.63) is 53.8 Å². The standard InChI is InChI=1S/C24H31N5O3S/c1-7-13-29-20(16-9-11-17(12-10-16)24(4,5)6)27-28-23(29)33-14-18-19(21(30)32-8-2)15(3)25-22(31)26-18/h7,9-12,15H,1,8,13-14H2,2-6H3,(H2,25,26,31). The van der Waals surface area contributed by atoms with Crippen LogP contribution in [0.3, 0.4) is 0 Å². The highest BCUT2D eigenvalue weighted by atomic mass is 32.2. The highest BCUT2D eigenvalue weighted by Crippen LogP contribution is 2.29. The number of thioether (sulfide) groups is 1. The molecule has 8 nitrogen and oxygen atoms in total. The van der Waals surface area contributed by atoms with E-state index in [1.165, 1.54) is 17.3 Å². The van der Waals surface area contributed by atoms with Gasteiger partial charge in [0.25, 0.3) is 0 Å². The minimum atomic E-state index is -0.448. The molecule has 0 aliphatic carbocycles. The van der Waals surface area contributed by atoms with Gasteiger partial charge in [-0.15, -0.1) is 16.8 Å².